The summed E-state index contributed by atoms with van der Waals surface area (Å²) in [5.74, 6) is -0.301. The van der Waals surface area contributed by atoms with Crippen LogP contribution in [-0.2, 0) is 0 Å². The van der Waals surface area contributed by atoms with Crippen LogP contribution in [0, 0.1) is 6.92 Å². The Labute approximate surface area is 216 Å². The van der Waals surface area contributed by atoms with Crippen LogP contribution in [0.2, 0.25) is 0 Å². The van der Waals surface area contributed by atoms with Crippen LogP contribution in [0.1, 0.15) is 72.9 Å². The van der Waals surface area contributed by atoms with Crippen molar-refractivity contribution in [3.05, 3.63) is 47.7 Å². The van der Waals surface area contributed by atoms with Crippen LogP contribution in [0.25, 0.3) is 16.0 Å². The Morgan fingerprint density at radius 3 is 2.50 bits per heavy atom. The van der Waals surface area contributed by atoms with E-state index in [4.69, 9.17) is 0 Å². The first-order chi connectivity index (χ1) is 17.2. The summed E-state index contributed by atoms with van der Waals surface area (Å²) >= 11 is 1.28. The molecule has 0 bridgehead atoms. The number of allylic oxidation sites excluding steroid dienone is 1. The average molecular weight is 507 g/mol. The maximum atomic E-state index is 13.8. The summed E-state index contributed by atoms with van der Waals surface area (Å²) in [4.78, 5) is 35.7. The molecule has 5 rings (SSSR count). The molecule has 0 saturated carbocycles. The van der Waals surface area contributed by atoms with Crippen LogP contribution < -0.4 is 5.32 Å². The number of thiazole rings is 1. The van der Waals surface area contributed by atoms with E-state index in [0.29, 0.717) is 44.5 Å². The van der Waals surface area contributed by atoms with E-state index in [2.05, 4.69) is 40.7 Å². The minimum absolute atomic E-state index is 0.0675. The van der Waals surface area contributed by atoms with Gasteiger partial charge in [-0.2, -0.15) is 10.1 Å². The molecular formula is C27H34N6O2S. The van der Waals surface area contributed by atoms with Crippen LogP contribution in [0.3, 0.4) is 0 Å². The Hall–Kier alpha value is -3.04. The number of aryl methyl sites for hydroxylation is 1. The van der Waals surface area contributed by atoms with Gasteiger partial charge in [0.05, 0.1) is 0 Å². The van der Waals surface area contributed by atoms with Crippen LogP contribution in [-0.4, -0.2) is 67.6 Å². The van der Waals surface area contributed by atoms with Gasteiger partial charge in [-0.25, -0.2) is 4.68 Å². The van der Waals surface area contributed by atoms with Gasteiger partial charge in [0, 0.05) is 42.5 Å². The van der Waals surface area contributed by atoms with Crippen molar-refractivity contribution in [2.24, 2.45) is 0 Å². The van der Waals surface area contributed by atoms with Crippen molar-refractivity contribution in [1.82, 2.24) is 24.6 Å². The molecule has 2 saturated heterocycles. The summed E-state index contributed by atoms with van der Waals surface area (Å²) in [7, 11) is 0. The largest absolute Gasteiger partial charge is 0.333 e. The number of hydrogen-bond acceptors (Lipinski definition) is 6. The van der Waals surface area contributed by atoms with E-state index < -0.39 is 0 Å². The van der Waals surface area contributed by atoms with E-state index in [9.17, 15) is 9.59 Å². The highest BCUT2D eigenvalue weighted by atomic mass is 32.1. The standard InChI is InChI=1S/C27H34N6O2S/c1-16(2)33-24-23(36-27(28-24)29-25(34)20-12-8-17(3)9-13-20)22(30-33)26(35)31-14-6-7-21(31)15-32-18(4)10-11-19(32)5/h8-9,12-13,18-19,21H,1,6-7,10-11,14-15H2,2-5H3,(H,28,29,34)/t18?,19?,21-/m0/s1. The van der Waals surface area contributed by atoms with Crippen LogP contribution in [0.15, 0.2) is 30.8 Å². The van der Waals surface area contributed by atoms with Crippen LogP contribution in [0.4, 0.5) is 5.13 Å². The smallest absolute Gasteiger partial charge is 0.276 e. The fourth-order valence-electron chi connectivity index (χ4n) is 5.42. The van der Waals surface area contributed by atoms with E-state index in [1.54, 1.807) is 16.8 Å². The summed E-state index contributed by atoms with van der Waals surface area (Å²) in [5, 5.41) is 7.95. The van der Waals surface area contributed by atoms with E-state index in [1.165, 1.54) is 24.2 Å². The fourth-order valence-corrected chi connectivity index (χ4v) is 6.33. The number of likely N-dealkylation sites (tertiary alicyclic amines) is 2. The van der Waals surface area contributed by atoms with E-state index in [0.717, 1.165) is 31.5 Å². The number of nitrogens with zero attached hydrogens (tertiary/aromatic N) is 5. The van der Waals surface area contributed by atoms with E-state index >= 15 is 0 Å². The summed E-state index contributed by atoms with van der Waals surface area (Å²) in [6.45, 7) is 14.0. The second kappa shape index (κ2) is 9.78. The second-order valence-electron chi connectivity index (χ2n) is 10.3. The Kier molecular flexibility index (Phi) is 6.70. The summed E-state index contributed by atoms with van der Waals surface area (Å²) < 4.78 is 2.28. The zero-order valence-electron chi connectivity index (χ0n) is 21.5. The molecule has 0 spiro atoms. The quantitative estimate of drug-likeness (QED) is 0.508. The predicted molar refractivity (Wildman–Crippen MR) is 144 cm³/mol. The summed E-state index contributed by atoms with van der Waals surface area (Å²) in [5.41, 5.74) is 3.25. The van der Waals surface area contributed by atoms with Gasteiger partial charge in [0.15, 0.2) is 16.5 Å². The molecule has 1 aromatic carbocycles. The fraction of sp³-hybridized carbons (Fsp3) is 0.481. The number of carbonyl (C=O) groups excluding carboxylic acids is 2. The predicted octanol–water partition coefficient (Wildman–Crippen LogP) is 5.02. The first kappa shape index (κ1) is 24.6. The topological polar surface area (TPSA) is 83.4 Å². The molecule has 0 radical (unpaired) electrons. The number of fused-ring (bicyclic) bond motifs is 1. The van der Waals surface area contributed by atoms with Gasteiger partial charge in [0.1, 0.15) is 4.70 Å². The van der Waals surface area contributed by atoms with Gasteiger partial charge in [-0.15, -0.1) is 0 Å². The van der Waals surface area contributed by atoms with Crippen molar-refractivity contribution in [3.8, 4) is 0 Å². The molecule has 2 aliphatic rings. The first-order valence-corrected chi connectivity index (χ1v) is 13.5. The third kappa shape index (κ3) is 4.57. The van der Waals surface area contributed by atoms with Crippen molar-refractivity contribution >= 4 is 44.3 Å². The second-order valence-corrected chi connectivity index (χ2v) is 11.3. The minimum Gasteiger partial charge on any atom is -0.333 e. The Morgan fingerprint density at radius 2 is 1.83 bits per heavy atom. The molecule has 0 aliphatic carbocycles. The highest BCUT2D eigenvalue weighted by Gasteiger charge is 2.37. The average Bonchev–Trinajstić information content (AvgIpc) is 3.60. The molecule has 3 atom stereocenters. The number of nitrogens with one attached hydrogen (secondary N) is 1. The number of amides is 2. The molecule has 190 valence electrons. The van der Waals surface area contributed by atoms with Crippen molar-refractivity contribution in [2.75, 3.05) is 18.4 Å². The molecule has 2 aromatic heterocycles. The molecule has 9 heteroatoms. The molecule has 1 N–H and O–H groups in total. The number of benzene rings is 1. The third-order valence-electron chi connectivity index (χ3n) is 7.52. The Morgan fingerprint density at radius 1 is 1.14 bits per heavy atom. The number of hydrogen-bond donors (Lipinski definition) is 1. The highest BCUT2D eigenvalue weighted by molar-refractivity contribution is 7.22. The first-order valence-electron chi connectivity index (χ1n) is 12.7. The lowest BCUT2D eigenvalue weighted by Crippen LogP contribution is -2.46. The molecule has 4 heterocycles. The van der Waals surface area contributed by atoms with Gasteiger partial charge in [-0.05, 0) is 65.5 Å². The van der Waals surface area contributed by atoms with Crippen molar-refractivity contribution in [3.63, 3.8) is 0 Å². The molecular weight excluding hydrogens is 472 g/mol. The Balaban J connectivity index is 1.41. The highest BCUT2D eigenvalue weighted by Crippen LogP contribution is 2.33. The molecule has 2 unspecified atom stereocenters. The lowest BCUT2D eigenvalue weighted by Gasteiger charge is -2.33. The SMILES string of the molecule is C=C(C)n1nc(C(=O)N2CCC[C@H]2CN2C(C)CCC2C)c2sc(NC(=O)c3ccc(C)cc3)nc21. The maximum Gasteiger partial charge on any atom is 0.276 e. The van der Waals surface area contributed by atoms with Gasteiger partial charge < -0.3 is 4.90 Å². The van der Waals surface area contributed by atoms with Crippen molar-refractivity contribution in [1.29, 1.82) is 0 Å². The molecule has 2 aliphatic heterocycles. The van der Waals surface area contributed by atoms with Crippen molar-refractivity contribution in [2.45, 2.75) is 71.5 Å². The maximum absolute atomic E-state index is 13.8. The van der Waals surface area contributed by atoms with Gasteiger partial charge in [0.2, 0.25) is 0 Å². The monoisotopic (exact) mass is 506 g/mol. The minimum atomic E-state index is -0.234. The number of anilines is 1. The van der Waals surface area contributed by atoms with Gasteiger partial charge in [-0.1, -0.05) is 35.6 Å². The van der Waals surface area contributed by atoms with Gasteiger partial charge in [0.25, 0.3) is 11.8 Å². The molecule has 2 fully saturated rings. The van der Waals surface area contributed by atoms with E-state index in [1.807, 2.05) is 30.9 Å². The number of rotatable bonds is 6. The van der Waals surface area contributed by atoms with Gasteiger partial charge in [-0.3, -0.25) is 19.8 Å². The number of carbonyl (C=O) groups is 2. The zero-order chi connectivity index (χ0) is 25.6. The van der Waals surface area contributed by atoms with Crippen LogP contribution in [0.5, 0.6) is 0 Å². The number of aromatic nitrogens is 3. The lowest BCUT2D eigenvalue weighted by molar-refractivity contribution is 0.0673. The molecule has 36 heavy (non-hydrogen) atoms. The molecule has 3 aromatic rings. The summed E-state index contributed by atoms with van der Waals surface area (Å²) in [6, 6.07) is 8.66. The van der Waals surface area contributed by atoms with Gasteiger partial charge >= 0.3 is 0 Å². The zero-order valence-corrected chi connectivity index (χ0v) is 22.3. The van der Waals surface area contributed by atoms with Crippen LogP contribution >= 0.6 is 11.3 Å². The Bertz CT molecular complexity index is 1300. The van der Waals surface area contributed by atoms with E-state index in [-0.39, 0.29) is 17.9 Å². The molecule has 2 amide bonds. The molecule has 8 nitrogen and oxygen atoms in total. The lowest BCUT2D eigenvalue weighted by atomic mass is 10.1. The third-order valence-corrected chi connectivity index (χ3v) is 8.48. The summed E-state index contributed by atoms with van der Waals surface area (Å²) in [6.07, 6.45) is 4.43. The normalized spacial score (nSPS) is 22.4. The van der Waals surface area contributed by atoms with Crippen molar-refractivity contribution < 1.29 is 9.59 Å².